The molecule has 5 heteroatoms. The molecule has 0 aromatic heterocycles. The van der Waals surface area contributed by atoms with E-state index in [0.717, 1.165) is 12.8 Å². The van der Waals surface area contributed by atoms with E-state index in [-0.39, 0.29) is 12.5 Å². The van der Waals surface area contributed by atoms with E-state index >= 15 is 0 Å². The van der Waals surface area contributed by atoms with Crippen molar-refractivity contribution in [2.75, 3.05) is 32.9 Å². The van der Waals surface area contributed by atoms with Crippen LogP contribution in [0.5, 0.6) is 11.5 Å². The average molecular weight is 277 g/mol. The molecule has 1 aromatic rings. The molecule has 2 aliphatic rings. The monoisotopic (exact) mass is 277 g/mol. The first kappa shape index (κ1) is 13.2. The minimum Gasteiger partial charge on any atom is -0.486 e. The summed E-state index contributed by atoms with van der Waals surface area (Å²) in [7, 11) is 0. The van der Waals surface area contributed by atoms with Crippen molar-refractivity contribution in [3.8, 4) is 11.5 Å². The van der Waals surface area contributed by atoms with Gasteiger partial charge in [-0.1, -0.05) is 0 Å². The zero-order valence-electron chi connectivity index (χ0n) is 11.4. The van der Waals surface area contributed by atoms with Gasteiger partial charge in [-0.3, -0.25) is 4.79 Å². The number of amides is 1. The summed E-state index contributed by atoms with van der Waals surface area (Å²) in [6.07, 6.45) is 1.74. The molecule has 2 aliphatic heterocycles. The standard InChI is InChI=1S/C15H19NO4/c17-10-11-3-5-16(6-4-11)15(18)12-1-2-13-14(9-12)20-8-7-19-13/h1-2,9,11,17H,3-8,10H2. The maximum absolute atomic E-state index is 12.4. The van der Waals surface area contributed by atoms with Crippen molar-refractivity contribution < 1.29 is 19.4 Å². The van der Waals surface area contributed by atoms with Crippen molar-refractivity contribution in [1.82, 2.24) is 4.90 Å². The van der Waals surface area contributed by atoms with E-state index in [9.17, 15) is 4.79 Å². The van der Waals surface area contributed by atoms with E-state index in [1.165, 1.54) is 0 Å². The largest absolute Gasteiger partial charge is 0.486 e. The normalized spacial score (nSPS) is 18.9. The Morgan fingerprint density at radius 1 is 1.20 bits per heavy atom. The summed E-state index contributed by atoms with van der Waals surface area (Å²) in [5, 5.41) is 9.13. The van der Waals surface area contributed by atoms with E-state index in [4.69, 9.17) is 14.6 Å². The summed E-state index contributed by atoms with van der Waals surface area (Å²) < 4.78 is 11.0. The van der Waals surface area contributed by atoms with Crippen LogP contribution in [-0.2, 0) is 0 Å². The van der Waals surface area contributed by atoms with Crippen LogP contribution in [0.25, 0.3) is 0 Å². The second-order valence-electron chi connectivity index (χ2n) is 5.28. The minimum atomic E-state index is 0.0263. The van der Waals surface area contributed by atoms with Gasteiger partial charge in [0.25, 0.3) is 5.91 Å². The van der Waals surface area contributed by atoms with Crippen molar-refractivity contribution in [1.29, 1.82) is 0 Å². The number of aliphatic hydroxyl groups is 1. The topological polar surface area (TPSA) is 59.0 Å². The van der Waals surface area contributed by atoms with Crippen LogP contribution in [0, 0.1) is 5.92 Å². The highest BCUT2D eigenvalue weighted by atomic mass is 16.6. The van der Waals surface area contributed by atoms with Crippen molar-refractivity contribution in [2.45, 2.75) is 12.8 Å². The summed E-state index contributed by atoms with van der Waals surface area (Å²) in [6.45, 7) is 2.70. The van der Waals surface area contributed by atoms with E-state index in [0.29, 0.717) is 49.3 Å². The van der Waals surface area contributed by atoms with Crippen LogP contribution in [0.3, 0.4) is 0 Å². The quantitative estimate of drug-likeness (QED) is 0.885. The summed E-state index contributed by atoms with van der Waals surface area (Å²) in [4.78, 5) is 14.3. The highest BCUT2D eigenvalue weighted by Crippen LogP contribution is 2.31. The van der Waals surface area contributed by atoms with Gasteiger partial charge in [-0.15, -0.1) is 0 Å². The van der Waals surface area contributed by atoms with Gasteiger partial charge < -0.3 is 19.5 Å². The lowest BCUT2D eigenvalue weighted by Crippen LogP contribution is -2.39. The number of carbonyl (C=O) groups excluding carboxylic acids is 1. The molecule has 0 spiro atoms. The first-order valence-corrected chi connectivity index (χ1v) is 7.07. The molecule has 0 atom stereocenters. The number of nitrogens with zero attached hydrogens (tertiary/aromatic N) is 1. The van der Waals surface area contributed by atoms with Crippen molar-refractivity contribution >= 4 is 5.91 Å². The molecule has 0 saturated carbocycles. The lowest BCUT2D eigenvalue weighted by Gasteiger charge is -2.31. The maximum atomic E-state index is 12.4. The van der Waals surface area contributed by atoms with E-state index in [1.54, 1.807) is 18.2 Å². The van der Waals surface area contributed by atoms with Crippen molar-refractivity contribution in [3.05, 3.63) is 23.8 Å². The Kier molecular flexibility index (Phi) is 3.78. The fourth-order valence-corrected chi connectivity index (χ4v) is 2.68. The van der Waals surface area contributed by atoms with Gasteiger partial charge in [0.2, 0.25) is 0 Å². The molecule has 1 amide bonds. The number of benzene rings is 1. The van der Waals surface area contributed by atoms with E-state index in [1.807, 2.05) is 4.90 Å². The molecule has 0 aliphatic carbocycles. The predicted octanol–water partition coefficient (Wildman–Crippen LogP) is 1.30. The molecule has 2 heterocycles. The van der Waals surface area contributed by atoms with Gasteiger partial charge in [-0.05, 0) is 37.0 Å². The molecule has 108 valence electrons. The Balaban J connectivity index is 1.71. The zero-order chi connectivity index (χ0) is 13.9. The fourth-order valence-electron chi connectivity index (χ4n) is 2.68. The Bertz CT molecular complexity index is 495. The smallest absolute Gasteiger partial charge is 0.253 e. The number of carbonyl (C=O) groups is 1. The first-order valence-electron chi connectivity index (χ1n) is 7.07. The first-order chi connectivity index (χ1) is 9.78. The van der Waals surface area contributed by atoms with Gasteiger partial charge in [0.15, 0.2) is 11.5 Å². The Morgan fingerprint density at radius 2 is 1.90 bits per heavy atom. The third-order valence-electron chi connectivity index (χ3n) is 3.95. The van der Waals surface area contributed by atoms with Crippen LogP contribution in [-0.4, -0.2) is 48.8 Å². The van der Waals surface area contributed by atoms with E-state index in [2.05, 4.69) is 0 Å². The second-order valence-corrected chi connectivity index (χ2v) is 5.28. The number of fused-ring (bicyclic) bond motifs is 1. The van der Waals surface area contributed by atoms with Crippen LogP contribution in [0.2, 0.25) is 0 Å². The molecule has 0 bridgehead atoms. The Morgan fingerprint density at radius 3 is 2.60 bits per heavy atom. The molecule has 3 rings (SSSR count). The Hall–Kier alpha value is -1.75. The number of ether oxygens (including phenoxy) is 2. The fraction of sp³-hybridized carbons (Fsp3) is 0.533. The lowest BCUT2D eigenvalue weighted by atomic mass is 9.97. The van der Waals surface area contributed by atoms with E-state index < -0.39 is 0 Å². The lowest BCUT2D eigenvalue weighted by molar-refractivity contribution is 0.0650. The molecule has 1 fully saturated rings. The minimum absolute atomic E-state index is 0.0263. The van der Waals surface area contributed by atoms with Gasteiger partial charge >= 0.3 is 0 Å². The molecular weight excluding hydrogens is 258 g/mol. The Labute approximate surface area is 118 Å². The third-order valence-corrected chi connectivity index (χ3v) is 3.95. The number of hydrogen-bond acceptors (Lipinski definition) is 4. The highest BCUT2D eigenvalue weighted by molar-refractivity contribution is 5.95. The van der Waals surface area contributed by atoms with Crippen LogP contribution >= 0.6 is 0 Å². The van der Waals surface area contributed by atoms with Gasteiger partial charge in [0.05, 0.1) is 0 Å². The highest BCUT2D eigenvalue weighted by Gasteiger charge is 2.24. The molecule has 1 aromatic carbocycles. The summed E-state index contributed by atoms with van der Waals surface area (Å²) >= 11 is 0. The molecule has 5 nitrogen and oxygen atoms in total. The molecule has 20 heavy (non-hydrogen) atoms. The SMILES string of the molecule is O=C(c1ccc2c(c1)OCCO2)N1CCC(CO)CC1. The van der Waals surface area contributed by atoms with Crippen LogP contribution in [0.1, 0.15) is 23.2 Å². The van der Waals surface area contributed by atoms with Crippen LogP contribution in [0.4, 0.5) is 0 Å². The van der Waals surface area contributed by atoms with Gasteiger partial charge in [0.1, 0.15) is 13.2 Å². The van der Waals surface area contributed by atoms with Crippen LogP contribution in [0.15, 0.2) is 18.2 Å². The molecular formula is C15H19NO4. The molecule has 1 N–H and O–H groups in total. The number of rotatable bonds is 2. The number of hydrogen-bond donors (Lipinski definition) is 1. The zero-order valence-corrected chi connectivity index (χ0v) is 11.4. The molecule has 0 unspecified atom stereocenters. The predicted molar refractivity (Wildman–Crippen MR) is 73.1 cm³/mol. The third kappa shape index (κ3) is 2.58. The number of aliphatic hydroxyl groups excluding tert-OH is 1. The van der Waals surface area contributed by atoms with Crippen molar-refractivity contribution in [2.24, 2.45) is 5.92 Å². The van der Waals surface area contributed by atoms with Gasteiger partial charge in [0, 0.05) is 25.3 Å². The van der Waals surface area contributed by atoms with Gasteiger partial charge in [-0.25, -0.2) is 0 Å². The average Bonchev–Trinajstić information content (AvgIpc) is 2.54. The van der Waals surface area contributed by atoms with Gasteiger partial charge in [-0.2, -0.15) is 0 Å². The van der Waals surface area contributed by atoms with Crippen LogP contribution < -0.4 is 9.47 Å². The summed E-state index contributed by atoms with van der Waals surface area (Å²) in [6, 6.07) is 5.34. The summed E-state index contributed by atoms with van der Waals surface area (Å²) in [5.74, 6) is 1.71. The molecule has 0 radical (unpaired) electrons. The molecule has 1 saturated heterocycles. The number of piperidine rings is 1. The number of likely N-dealkylation sites (tertiary alicyclic amines) is 1. The second kappa shape index (κ2) is 5.71. The summed E-state index contributed by atoms with van der Waals surface area (Å²) in [5.41, 5.74) is 0.636. The van der Waals surface area contributed by atoms with Crippen molar-refractivity contribution in [3.63, 3.8) is 0 Å². The maximum Gasteiger partial charge on any atom is 0.253 e.